The number of amides is 1. The summed E-state index contributed by atoms with van der Waals surface area (Å²) in [5, 5.41) is 2.93. The van der Waals surface area contributed by atoms with Crippen molar-refractivity contribution in [2.45, 2.75) is 51.5 Å². The molecule has 0 fully saturated rings. The topological polar surface area (TPSA) is 66.5 Å². The third-order valence-corrected chi connectivity index (χ3v) is 5.86. The number of nitrogens with zero attached hydrogens (tertiary/aromatic N) is 1. The van der Waals surface area contributed by atoms with E-state index in [-0.39, 0.29) is 16.3 Å². The predicted molar refractivity (Wildman–Crippen MR) is 88.4 cm³/mol. The Kier molecular flexibility index (Phi) is 6.14. The largest absolute Gasteiger partial charge is 0.347 e. The summed E-state index contributed by atoms with van der Waals surface area (Å²) in [6.07, 6.45) is 0.813. The van der Waals surface area contributed by atoms with Crippen molar-refractivity contribution in [3.05, 3.63) is 29.8 Å². The molecule has 0 bridgehead atoms. The maximum atomic E-state index is 12.4. The first-order valence-electron chi connectivity index (χ1n) is 7.60. The van der Waals surface area contributed by atoms with Gasteiger partial charge >= 0.3 is 0 Å². The normalized spacial score (nSPS) is 12.5. The van der Waals surface area contributed by atoms with Gasteiger partial charge in [-0.05, 0) is 44.5 Å². The Morgan fingerprint density at radius 3 is 2.00 bits per heavy atom. The van der Waals surface area contributed by atoms with Crippen LogP contribution in [0.3, 0.4) is 0 Å². The Balaban J connectivity index is 2.98. The Labute approximate surface area is 133 Å². The summed E-state index contributed by atoms with van der Waals surface area (Å²) in [4.78, 5) is 12.4. The van der Waals surface area contributed by atoms with E-state index >= 15 is 0 Å². The minimum absolute atomic E-state index is 0.196. The van der Waals surface area contributed by atoms with Gasteiger partial charge in [0.15, 0.2) is 0 Å². The van der Waals surface area contributed by atoms with Gasteiger partial charge in [-0.2, -0.15) is 4.31 Å². The van der Waals surface area contributed by atoms with Gasteiger partial charge in [-0.15, -0.1) is 0 Å². The molecule has 1 aromatic carbocycles. The highest BCUT2D eigenvalue weighted by molar-refractivity contribution is 7.89. The van der Waals surface area contributed by atoms with Crippen molar-refractivity contribution in [3.63, 3.8) is 0 Å². The number of hydrogen-bond acceptors (Lipinski definition) is 3. The fourth-order valence-electron chi connectivity index (χ4n) is 1.96. The quantitative estimate of drug-likeness (QED) is 0.837. The lowest BCUT2D eigenvalue weighted by Crippen LogP contribution is -2.42. The third-order valence-electron chi connectivity index (χ3n) is 3.80. The number of nitrogens with one attached hydrogen (secondary N) is 1. The molecule has 1 N–H and O–H groups in total. The van der Waals surface area contributed by atoms with Crippen molar-refractivity contribution in [1.82, 2.24) is 9.62 Å². The molecule has 1 rings (SSSR count). The van der Waals surface area contributed by atoms with Crippen LogP contribution in [0.1, 0.15) is 51.4 Å². The highest BCUT2D eigenvalue weighted by Crippen LogP contribution is 2.17. The van der Waals surface area contributed by atoms with Gasteiger partial charge in [-0.25, -0.2) is 8.42 Å². The third kappa shape index (κ3) is 4.30. The van der Waals surface area contributed by atoms with E-state index in [1.165, 1.54) is 16.4 Å². The predicted octanol–water partition coefficient (Wildman–Crippen LogP) is 2.64. The van der Waals surface area contributed by atoms with Crippen LogP contribution in [0.25, 0.3) is 0 Å². The first-order valence-corrected chi connectivity index (χ1v) is 9.04. The van der Waals surface area contributed by atoms with Gasteiger partial charge in [-0.1, -0.05) is 20.8 Å². The van der Waals surface area contributed by atoms with Gasteiger partial charge in [-0.3, -0.25) is 4.79 Å². The molecule has 0 spiro atoms. The van der Waals surface area contributed by atoms with E-state index in [4.69, 9.17) is 0 Å². The van der Waals surface area contributed by atoms with Crippen LogP contribution in [0.5, 0.6) is 0 Å². The lowest BCUT2D eigenvalue weighted by molar-refractivity contribution is 0.0911. The fourth-order valence-corrected chi connectivity index (χ4v) is 3.42. The van der Waals surface area contributed by atoms with E-state index in [0.29, 0.717) is 18.7 Å². The minimum atomic E-state index is -3.48. The van der Waals surface area contributed by atoms with Gasteiger partial charge < -0.3 is 5.32 Å². The number of carbonyl (C=O) groups excluding carboxylic acids is 1. The van der Waals surface area contributed by atoms with E-state index in [1.807, 2.05) is 20.8 Å². The minimum Gasteiger partial charge on any atom is -0.347 e. The van der Waals surface area contributed by atoms with Gasteiger partial charge in [0.25, 0.3) is 5.91 Å². The van der Waals surface area contributed by atoms with Crippen LogP contribution in [-0.2, 0) is 10.0 Å². The lowest BCUT2D eigenvalue weighted by atomic mass is 10.0. The second-order valence-electron chi connectivity index (χ2n) is 5.81. The van der Waals surface area contributed by atoms with Crippen LogP contribution in [0.15, 0.2) is 29.2 Å². The highest BCUT2D eigenvalue weighted by Gasteiger charge is 2.23. The van der Waals surface area contributed by atoms with Gasteiger partial charge in [0.1, 0.15) is 0 Å². The molecule has 0 unspecified atom stereocenters. The smallest absolute Gasteiger partial charge is 0.251 e. The number of sulfonamides is 1. The van der Waals surface area contributed by atoms with Crippen molar-refractivity contribution >= 4 is 15.9 Å². The molecule has 1 amide bonds. The summed E-state index contributed by atoms with van der Waals surface area (Å²) >= 11 is 0. The molecule has 0 saturated heterocycles. The number of benzene rings is 1. The van der Waals surface area contributed by atoms with Crippen LogP contribution >= 0.6 is 0 Å². The lowest BCUT2D eigenvalue weighted by Gasteiger charge is -2.24. The maximum Gasteiger partial charge on any atom is 0.251 e. The standard InChI is InChI=1S/C16H26N2O3S/c1-6-16(4,5)17-15(19)13-9-11-14(12-10-13)22(20,21)18(7-2)8-3/h9-12H,6-8H2,1-5H3,(H,17,19). The SMILES string of the molecule is CCN(CC)S(=O)(=O)c1ccc(C(=O)NC(C)(C)CC)cc1. The fraction of sp³-hybridized carbons (Fsp3) is 0.562. The van der Waals surface area contributed by atoms with Gasteiger partial charge in [0.2, 0.25) is 10.0 Å². The second-order valence-corrected chi connectivity index (χ2v) is 7.74. The number of carbonyl (C=O) groups is 1. The Bertz CT molecular complexity index is 603. The van der Waals surface area contributed by atoms with E-state index < -0.39 is 10.0 Å². The summed E-state index contributed by atoms with van der Waals surface area (Å²) in [6.45, 7) is 10.3. The molecule has 0 saturated carbocycles. The molecule has 5 nitrogen and oxygen atoms in total. The van der Waals surface area contributed by atoms with Gasteiger partial charge in [0.05, 0.1) is 4.90 Å². The average molecular weight is 326 g/mol. The Morgan fingerprint density at radius 2 is 1.59 bits per heavy atom. The Hall–Kier alpha value is -1.40. The van der Waals surface area contributed by atoms with Crippen molar-refractivity contribution in [3.8, 4) is 0 Å². The summed E-state index contributed by atoms with van der Waals surface area (Å²) in [7, 11) is -3.48. The van der Waals surface area contributed by atoms with Crippen molar-refractivity contribution < 1.29 is 13.2 Å². The molecule has 0 aliphatic carbocycles. The summed E-state index contributed by atoms with van der Waals surface area (Å²) < 4.78 is 26.1. The van der Waals surface area contributed by atoms with E-state index in [2.05, 4.69) is 5.32 Å². The van der Waals surface area contributed by atoms with Crippen LogP contribution in [-0.4, -0.2) is 37.3 Å². The summed E-state index contributed by atoms with van der Waals surface area (Å²) in [5.41, 5.74) is 0.170. The molecule has 124 valence electrons. The molecule has 0 aliphatic rings. The monoisotopic (exact) mass is 326 g/mol. The van der Waals surface area contributed by atoms with Crippen LogP contribution in [0.2, 0.25) is 0 Å². The number of hydrogen-bond donors (Lipinski definition) is 1. The van der Waals surface area contributed by atoms with Crippen LogP contribution < -0.4 is 5.32 Å². The highest BCUT2D eigenvalue weighted by atomic mass is 32.2. The van der Waals surface area contributed by atoms with E-state index in [9.17, 15) is 13.2 Å². The molecule has 0 radical (unpaired) electrons. The van der Waals surface area contributed by atoms with E-state index in [0.717, 1.165) is 6.42 Å². The second kappa shape index (κ2) is 7.24. The zero-order valence-electron chi connectivity index (χ0n) is 14.0. The first-order chi connectivity index (χ1) is 10.2. The van der Waals surface area contributed by atoms with Crippen LogP contribution in [0, 0.1) is 0 Å². The molecular weight excluding hydrogens is 300 g/mol. The zero-order valence-corrected chi connectivity index (χ0v) is 14.8. The molecule has 22 heavy (non-hydrogen) atoms. The van der Waals surface area contributed by atoms with Crippen molar-refractivity contribution in [2.24, 2.45) is 0 Å². The average Bonchev–Trinajstić information content (AvgIpc) is 2.48. The molecule has 1 aromatic rings. The molecule has 0 aliphatic heterocycles. The van der Waals surface area contributed by atoms with Crippen LogP contribution in [0.4, 0.5) is 0 Å². The van der Waals surface area contributed by atoms with Gasteiger partial charge in [0, 0.05) is 24.2 Å². The molecule has 0 heterocycles. The molecule has 6 heteroatoms. The molecule has 0 aromatic heterocycles. The summed E-state index contributed by atoms with van der Waals surface area (Å²) in [5.74, 6) is -0.196. The number of rotatable bonds is 7. The Morgan fingerprint density at radius 1 is 1.09 bits per heavy atom. The molecule has 0 atom stereocenters. The first kappa shape index (κ1) is 18.6. The molecular formula is C16H26N2O3S. The van der Waals surface area contributed by atoms with Crippen molar-refractivity contribution in [1.29, 1.82) is 0 Å². The zero-order chi connectivity index (χ0) is 17.0. The maximum absolute atomic E-state index is 12.4. The van der Waals surface area contributed by atoms with E-state index in [1.54, 1.807) is 26.0 Å². The van der Waals surface area contributed by atoms with Crippen molar-refractivity contribution in [2.75, 3.05) is 13.1 Å². The summed E-state index contributed by atoms with van der Waals surface area (Å²) in [6, 6.07) is 6.08.